The summed E-state index contributed by atoms with van der Waals surface area (Å²) in [4.78, 5) is 63.1. The first-order chi connectivity index (χ1) is 19.3. The number of thiazole rings is 1. The van der Waals surface area contributed by atoms with Crippen LogP contribution in [0.4, 0.5) is 16.8 Å². The SMILES string of the molecule is CC(C)(O/N=C(\C(=O)NC[n+]1c(N)cc(N)nc1SCC1=C(C(=O)[O-])N2C(=O)CC2SC1)c1csc(N)n1)C(=O)O. The van der Waals surface area contributed by atoms with E-state index in [9.17, 15) is 29.4 Å². The molecular formula is C22H25N9O7S3. The number of thioether (sulfide) groups is 2. The maximum atomic E-state index is 13.2. The molecule has 19 heteroatoms. The molecule has 0 aromatic carbocycles. The topological polar surface area (TPSA) is 256 Å². The minimum atomic E-state index is -1.74. The van der Waals surface area contributed by atoms with Crippen LogP contribution >= 0.6 is 34.9 Å². The number of β-lactam (4-membered cyclic amide) rings is 1. The zero-order valence-corrected chi connectivity index (χ0v) is 24.1. The highest BCUT2D eigenvalue weighted by atomic mass is 32.2. The molecule has 8 N–H and O–H groups in total. The molecule has 1 unspecified atom stereocenters. The number of nitrogens with two attached hydrogens (primary N) is 3. The molecule has 0 spiro atoms. The van der Waals surface area contributed by atoms with E-state index in [4.69, 9.17) is 22.0 Å². The molecule has 2 aliphatic rings. The van der Waals surface area contributed by atoms with Crippen molar-refractivity contribution < 1.29 is 38.8 Å². The summed E-state index contributed by atoms with van der Waals surface area (Å²) in [7, 11) is 0. The Balaban J connectivity index is 1.56. The van der Waals surface area contributed by atoms with Gasteiger partial charge in [-0.15, -0.1) is 23.1 Å². The third kappa shape index (κ3) is 6.46. The van der Waals surface area contributed by atoms with Gasteiger partial charge >= 0.3 is 11.1 Å². The molecule has 0 aliphatic carbocycles. The van der Waals surface area contributed by atoms with Gasteiger partial charge < -0.3 is 42.4 Å². The summed E-state index contributed by atoms with van der Waals surface area (Å²) in [5.74, 6) is -3.11. The summed E-state index contributed by atoms with van der Waals surface area (Å²) in [6.45, 7) is 2.27. The van der Waals surface area contributed by atoms with Crippen molar-refractivity contribution in [3.05, 3.63) is 28.4 Å². The highest BCUT2D eigenvalue weighted by Crippen LogP contribution is 2.40. The second-order valence-electron chi connectivity index (χ2n) is 9.16. The number of hydrogen-bond donors (Lipinski definition) is 5. The number of fused-ring (bicyclic) bond motifs is 1. The highest BCUT2D eigenvalue weighted by molar-refractivity contribution is 8.00. The number of rotatable bonds is 11. The van der Waals surface area contributed by atoms with Crippen LogP contribution in [0.3, 0.4) is 0 Å². The second kappa shape index (κ2) is 11.8. The number of carboxylic acid groups (broad SMARTS) is 2. The van der Waals surface area contributed by atoms with Crippen molar-refractivity contribution in [1.82, 2.24) is 20.2 Å². The molecule has 0 bridgehead atoms. The minimum Gasteiger partial charge on any atom is -0.543 e. The molecule has 1 saturated heterocycles. The summed E-state index contributed by atoms with van der Waals surface area (Å²) >= 11 is 3.59. The van der Waals surface area contributed by atoms with E-state index in [1.54, 1.807) is 0 Å². The van der Waals surface area contributed by atoms with Crippen molar-refractivity contribution in [2.45, 2.75) is 43.1 Å². The fourth-order valence-corrected chi connectivity index (χ4v) is 6.56. The van der Waals surface area contributed by atoms with Crippen LogP contribution in [0.15, 0.2) is 33.0 Å². The van der Waals surface area contributed by atoms with E-state index in [0.29, 0.717) is 11.3 Å². The van der Waals surface area contributed by atoms with Gasteiger partial charge in [-0.2, -0.15) is 0 Å². The number of nitrogens with one attached hydrogen (secondary N) is 1. The number of anilines is 3. The van der Waals surface area contributed by atoms with Crippen molar-refractivity contribution in [3.63, 3.8) is 0 Å². The quantitative estimate of drug-likeness (QED) is 0.0468. The lowest BCUT2D eigenvalue weighted by Crippen LogP contribution is -2.56. The first-order valence-electron chi connectivity index (χ1n) is 11.7. The lowest BCUT2D eigenvalue weighted by atomic mass is 10.1. The standard InChI is InChI=1S/C22H25N9O7S3/c1-22(2,19(36)37)38-29-15(10-7-40-20(25)27-10)17(33)26-8-30-12(24)3-11(23)28-21(30)41-6-9-5-39-14-4-13(32)31(14)16(9)18(34)35/h3,7,14H,4-6,8H2,1-2H3,(H8,23,24,25,26,27,33,34,35,36,37)/b29-15-. The van der Waals surface area contributed by atoms with Gasteiger partial charge in [-0.1, -0.05) is 10.1 Å². The minimum absolute atomic E-state index is 0.0598. The molecule has 2 amide bonds. The molecule has 2 aliphatic heterocycles. The first-order valence-corrected chi connectivity index (χ1v) is 14.6. The Hall–Kier alpha value is -4.10. The lowest BCUT2D eigenvalue weighted by molar-refractivity contribution is -0.725. The Morgan fingerprint density at radius 1 is 1.34 bits per heavy atom. The molecule has 218 valence electrons. The number of carbonyl (C=O) groups is 4. The Kier molecular flexibility index (Phi) is 8.59. The predicted octanol–water partition coefficient (Wildman–Crippen LogP) is -1.67. The number of hydrogen-bond acceptors (Lipinski definition) is 15. The molecule has 4 heterocycles. The average molecular weight is 624 g/mol. The van der Waals surface area contributed by atoms with E-state index in [1.165, 1.54) is 46.5 Å². The molecule has 1 fully saturated rings. The van der Waals surface area contributed by atoms with E-state index in [-0.39, 0.29) is 69.1 Å². The van der Waals surface area contributed by atoms with Gasteiger partial charge in [0.2, 0.25) is 23.1 Å². The number of oxime groups is 1. The normalized spacial score (nSPS) is 17.1. The number of aromatic nitrogens is 3. The van der Waals surface area contributed by atoms with Gasteiger partial charge in [-0.3, -0.25) is 14.5 Å². The number of carboxylic acids is 2. The van der Waals surface area contributed by atoms with Crippen LogP contribution in [-0.4, -0.2) is 71.9 Å². The van der Waals surface area contributed by atoms with Gasteiger partial charge in [-0.05, 0) is 31.2 Å². The summed E-state index contributed by atoms with van der Waals surface area (Å²) in [5, 5.41) is 29.1. The summed E-state index contributed by atoms with van der Waals surface area (Å²) in [6.07, 6.45) is 0.270. The summed E-state index contributed by atoms with van der Waals surface area (Å²) in [6, 6.07) is 1.37. The van der Waals surface area contributed by atoms with E-state index >= 15 is 0 Å². The van der Waals surface area contributed by atoms with Gasteiger partial charge in [0.15, 0.2) is 10.8 Å². The van der Waals surface area contributed by atoms with Crippen LogP contribution < -0.4 is 32.2 Å². The van der Waals surface area contributed by atoms with E-state index in [1.807, 2.05) is 0 Å². The number of amides is 2. The maximum absolute atomic E-state index is 13.2. The Morgan fingerprint density at radius 2 is 2.07 bits per heavy atom. The molecule has 2 aromatic rings. The van der Waals surface area contributed by atoms with Crippen molar-refractivity contribution in [3.8, 4) is 0 Å². The van der Waals surface area contributed by atoms with Gasteiger partial charge in [-0.25, -0.2) is 14.3 Å². The predicted molar refractivity (Wildman–Crippen MR) is 148 cm³/mol. The molecular weight excluding hydrogens is 598 g/mol. The number of aliphatic carboxylic acids is 2. The smallest absolute Gasteiger partial charge is 0.350 e. The largest absolute Gasteiger partial charge is 0.543 e. The van der Waals surface area contributed by atoms with Gasteiger partial charge in [0.05, 0.1) is 29.5 Å². The van der Waals surface area contributed by atoms with E-state index in [2.05, 4.69) is 20.4 Å². The van der Waals surface area contributed by atoms with Crippen molar-refractivity contribution in [1.29, 1.82) is 0 Å². The van der Waals surface area contributed by atoms with Gasteiger partial charge in [0.1, 0.15) is 12.4 Å². The fraction of sp³-hybridized carbons (Fsp3) is 0.364. The molecule has 2 aromatic heterocycles. The lowest BCUT2D eigenvalue weighted by Gasteiger charge is -2.45. The van der Waals surface area contributed by atoms with E-state index in [0.717, 1.165) is 23.1 Å². The van der Waals surface area contributed by atoms with Gasteiger partial charge in [0, 0.05) is 16.9 Å². The Labute approximate surface area is 245 Å². The monoisotopic (exact) mass is 623 g/mol. The average Bonchev–Trinajstić information content (AvgIpc) is 3.31. The molecule has 4 rings (SSSR count). The zero-order chi connectivity index (χ0) is 30.1. The van der Waals surface area contributed by atoms with Crippen molar-refractivity contribution >= 4 is 81.1 Å². The third-order valence-corrected chi connectivity index (χ3v) is 8.84. The fourth-order valence-electron chi connectivity index (χ4n) is 3.58. The van der Waals surface area contributed by atoms with Crippen LogP contribution in [-0.2, 0) is 30.7 Å². The van der Waals surface area contributed by atoms with Crippen molar-refractivity contribution in [2.24, 2.45) is 5.16 Å². The van der Waals surface area contributed by atoms with Crippen LogP contribution in [0.1, 0.15) is 26.0 Å². The maximum Gasteiger partial charge on any atom is 0.350 e. The highest BCUT2D eigenvalue weighted by Gasteiger charge is 2.43. The third-order valence-electron chi connectivity index (χ3n) is 5.82. The number of carbonyl (C=O) groups excluding carboxylic acids is 3. The molecule has 0 radical (unpaired) electrons. The second-order valence-corrected chi connectivity index (χ2v) is 12.2. The Bertz CT molecular complexity index is 1490. The van der Waals surface area contributed by atoms with Crippen LogP contribution in [0, 0.1) is 0 Å². The molecule has 0 saturated carbocycles. The molecule has 16 nitrogen and oxygen atoms in total. The van der Waals surface area contributed by atoms with Crippen LogP contribution in [0.2, 0.25) is 0 Å². The number of nitrogen functional groups attached to an aromatic ring is 3. The van der Waals surface area contributed by atoms with E-state index < -0.39 is 23.4 Å². The molecule has 1 atom stereocenters. The van der Waals surface area contributed by atoms with Crippen LogP contribution in [0.25, 0.3) is 0 Å². The van der Waals surface area contributed by atoms with Crippen LogP contribution in [0.5, 0.6) is 0 Å². The summed E-state index contributed by atoms with van der Waals surface area (Å²) < 4.78 is 1.42. The number of nitrogens with zero attached hydrogens (tertiary/aromatic N) is 5. The first kappa shape index (κ1) is 29.9. The summed E-state index contributed by atoms with van der Waals surface area (Å²) in [5.41, 5.74) is 16.0. The Morgan fingerprint density at radius 3 is 2.68 bits per heavy atom. The van der Waals surface area contributed by atoms with Crippen molar-refractivity contribution in [2.75, 3.05) is 28.7 Å². The zero-order valence-electron chi connectivity index (χ0n) is 21.7. The van der Waals surface area contributed by atoms with Gasteiger partial charge in [0.25, 0.3) is 5.91 Å². The molecule has 41 heavy (non-hydrogen) atoms.